The van der Waals surface area contributed by atoms with Gasteiger partial charge in [0, 0.05) is 3.57 Å². The topological polar surface area (TPSA) is 88.5 Å². The molecule has 2 rings (SSSR count). The highest BCUT2D eigenvalue weighted by atomic mass is 127. The standard InChI is InChI=1S/C11H10IN5OS/c1-6-9(10(18)17(16-6)11(13)19)15-14-8-4-2-7(12)3-5-8/h2-5,16H,1H3,(H2,13,19). The molecule has 0 amide bonds. The smallest absolute Gasteiger partial charge is 0.301 e. The normalized spacial score (nSPS) is 11.1. The Balaban J connectivity index is 2.36. The van der Waals surface area contributed by atoms with Crippen molar-refractivity contribution in [3.63, 3.8) is 0 Å². The van der Waals surface area contributed by atoms with Gasteiger partial charge in [-0.2, -0.15) is 9.80 Å². The van der Waals surface area contributed by atoms with E-state index in [0.717, 1.165) is 8.25 Å². The second kappa shape index (κ2) is 5.61. The molecule has 0 spiro atoms. The SMILES string of the molecule is Cc1[nH]n(C(N)=S)c(=O)c1N=Nc1ccc(I)cc1. The third kappa shape index (κ3) is 3.07. The van der Waals surface area contributed by atoms with Crippen molar-refractivity contribution in [3.05, 3.63) is 43.9 Å². The van der Waals surface area contributed by atoms with Crippen molar-refractivity contribution in [3.8, 4) is 0 Å². The summed E-state index contributed by atoms with van der Waals surface area (Å²) in [7, 11) is 0. The van der Waals surface area contributed by atoms with E-state index < -0.39 is 5.56 Å². The lowest BCUT2D eigenvalue weighted by molar-refractivity contribution is 0.889. The van der Waals surface area contributed by atoms with Crippen molar-refractivity contribution < 1.29 is 0 Å². The molecule has 6 nitrogen and oxygen atoms in total. The zero-order chi connectivity index (χ0) is 14.0. The zero-order valence-corrected chi connectivity index (χ0v) is 12.9. The second-order valence-electron chi connectivity index (χ2n) is 3.74. The zero-order valence-electron chi connectivity index (χ0n) is 9.92. The molecule has 0 radical (unpaired) electrons. The van der Waals surface area contributed by atoms with Gasteiger partial charge in [0.05, 0.1) is 11.4 Å². The van der Waals surface area contributed by atoms with E-state index in [2.05, 4.69) is 37.9 Å². The highest BCUT2D eigenvalue weighted by molar-refractivity contribution is 14.1. The molecular weight excluding hydrogens is 377 g/mol. The maximum atomic E-state index is 11.9. The fourth-order valence-electron chi connectivity index (χ4n) is 1.43. The van der Waals surface area contributed by atoms with Gasteiger partial charge in [-0.05, 0) is 66.0 Å². The minimum absolute atomic E-state index is 0.0520. The quantitative estimate of drug-likeness (QED) is 0.472. The van der Waals surface area contributed by atoms with Crippen molar-refractivity contribution in [2.75, 3.05) is 0 Å². The molecule has 98 valence electrons. The van der Waals surface area contributed by atoms with E-state index in [9.17, 15) is 4.79 Å². The van der Waals surface area contributed by atoms with Crippen LogP contribution in [-0.2, 0) is 0 Å². The molecule has 0 saturated heterocycles. The summed E-state index contributed by atoms with van der Waals surface area (Å²) < 4.78 is 2.16. The number of azo groups is 1. The molecule has 1 aromatic heterocycles. The summed E-state index contributed by atoms with van der Waals surface area (Å²) >= 11 is 6.95. The van der Waals surface area contributed by atoms with Crippen LogP contribution in [0.4, 0.5) is 11.4 Å². The van der Waals surface area contributed by atoms with E-state index in [1.165, 1.54) is 0 Å². The van der Waals surface area contributed by atoms with Crippen molar-refractivity contribution in [2.24, 2.45) is 16.0 Å². The Morgan fingerprint density at radius 2 is 2.00 bits per heavy atom. The fourth-order valence-corrected chi connectivity index (χ4v) is 1.91. The molecule has 8 heteroatoms. The third-order valence-corrected chi connectivity index (χ3v) is 3.25. The van der Waals surface area contributed by atoms with Crippen LogP contribution in [0.1, 0.15) is 5.69 Å². The maximum absolute atomic E-state index is 11.9. The highest BCUT2D eigenvalue weighted by Gasteiger charge is 2.11. The average Bonchev–Trinajstić information content (AvgIpc) is 2.65. The summed E-state index contributed by atoms with van der Waals surface area (Å²) in [5, 5.41) is 10.7. The number of aromatic amines is 1. The number of nitrogens with zero attached hydrogens (tertiary/aromatic N) is 3. The number of H-pyrrole nitrogens is 1. The van der Waals surface area contributed by atoms with Crippen LogP contribution in [0.5, 0.6) is 0 Å². The summed E-state index contributed by atoms with van der Waals surface area (Å²) in [5.41, 5.74) is 6.44. The van der Waals surface area contributed by atoms with Crippen molar-refractivity contribution in [1.82, 2.24) is 9.78 Å². The molecule has 0 bridgehead atoms. The first-order chi connectivity index (χ1) is 8.99. The molecule has 0 atom stereocenters. The second-order valence-corrected chi connectivity index (χ2v) is 5.40. The van der Waals surface area contributed by atoms with Gasteiger partial charge < -0.3 is 5.73 Å². The van der Waals surface area contributed by atoms with Gasteiger partial charge in [0.25, 0.3) is 0 Å². The minimum atomic E-state index is -0.403. The molecule has 19 heavy (non-hydrogen) atoms. The van der Waals surface area contributed by atoms with Gasteiger partial charge in [-0.25, -0.2) is 0 Å². The van der Waals surface area contributed by atoms with Crippen LogP contribution in [0, 0.1) is 10.5 Å². The van der Waals surface area contributed by atoms with E-state index in [-0.39, 0.29) is 10.8 Å². The molecule has 0 fully saturated rings. The Kier molecular flexibility index (Phi) is 4.10. The van der Waals surface area contributed by atoms with Gasteiger partial charge in [0.2, 0.25) is 0 Å². The lowest BCUT2D eigenvalue weighted by atomic mass is 10.3. The predicted octanol–water partition coefficient (Wildman–Crippen LogP) is 2.60. The summed E-state index contributed by atoms with van der Waals surface area (Å²) in [4.78, 5) is 11.9. The fraction of sp³-hybridized carbons (Fsp3) is 0.0909. The molecule has 0 unspecified atom stereocenters. The number of aryl methyl sites for hydroxylation is 1. The lowest BCUT2D eigenvalue weighted by Crippen LogP contribution is -2.29. The molecule has 1 heterocycles. The molecule has 0 aliphatic rings. The largest absolute Gasteiger partial charge is 0.374 e. The number of benzene rings is 1. The summed E-state index contributed by atoms with van der Waals surface area (Å²) in [6, 6.07) is 7.46. The van der Waals surface area contributed by atoms with Gasteiger partial charge in [0.15, 0.2) is 10.8 Å². The van der Waals surface area contributed by atoms with Gasteiger partial charge in [0.1, 0.15) is 0 Å². The number of aromatic nitrogens is 2. The first-order valence-electron chi connectivity index (χ1n) is 5.28. The van der Waals surface area contributed by atoms with Gasteiger partial charge in [-0.15, -0.1) is 5.11 Å². The van der Waals surface area contributed by atoms with Gasteiger partial charge in [-0.3, -0.25) is 9.89 Å². The summed E-state index contributed by atoms with van der Waals surface area (Å²) in [6.45, 7) is 1.71. The maximum Gasteiger partial charge on any atom is 0.301 e. The lowest BCUT2D eigenvalue weighted by Gasteiger charge is -1.93. The van der Waals surface area contributed by atoms with E-state index in [0.29, 0.717) is 11.4 Å². The Bertz CT molecular complexity index is 701. The predicted molar refractivity (Wildman–Crippen MR) is 85.3 cm³/mol. The van der Waals surface area contributed by atoms with Crippen molar-refractivity contribution >= 4 is 51.3 Å². The highest BCUT2D eigenvalue weighted by Crippen LogP contribution is 2.18. The van der Waals surface area contributed by atoms with Crippen LogP contribution in [-0.4, -0.2) is 14.9 Å². The van der Waals surface area contributed by atoms with Crippen molar-refractivity contribution in [2.45, 2.75) is 6.92 Å². The summed E-state index contributed by atoms with van der Waals surface area (Å²) in [5.74, 6) is 0. The van der Waals surface area contributed by atoms with Gasteiger partial charge >= 0.3 is 5.56 Å². The number of rotatable bonds is 2. The Morgan fingerprint density at radius 3 is 2.53 bits per heavy atom. The number of hydrogen-bond donors (Lipinski definition) is 2. The average molecular weight is 387 g/mol. The summed E-state index contributed by atoms with van der Waals surface area (Å²) in [6.07, 6.45) is 0. The number of thiocarbonyl (C=S) groups is 1. The molecule has 0 saturated carbocycles. The van der Waals surface area contributed by atoms with E-state index in [1.807, 2.05) is 24.3 Å². The van der Waals surface area contributed by atoms with Crippen LogP contribution in [0.25, 0.3) is 0 Å². The van der Waals surface area contributed by atoms with Crippen LogP contribution in [0.3, 0.4) is 0 Å². The van der Waals surface area contributed by atoms with Crippen LogP contribution in [0.2, 0.25) is 0 Å². The minimum Gasteiger partial charge on any atom is -0.374 e. The Labute approximate surface area is 127 Å². The molecular formula is C11H10IN5OS. The molecule has 2 aromatic rings. The molecule has 0 aliphatic carbocycles. The number of nitrogens with two attached hydrogens (primary N) is 1. The first-order valence-corrected chi connectivity index (χ1v) is 6.76. The van der Waals surface area contributed by atoms with E-state index in [1.54, 1.807) is 6.92 Å². The van der Waals surface area contributed by atoms with Crippen LogP contribution in [0.15, 0.2) is 39.3 Å². The molecule has 1 aromatic carbocycles. The first kappa shape index (κ1) is 13.9. The number of nitrogens with one attached hydrogen (secondary N) is 1. The monoisotopic (exact) mass is 387 g/mol. The number of hydrogen-bond acceptors (Lipinski definition) is 4. The van der Waals surface area contributed by atoms with E-state index in [4.69, 9.17) is 18.0 Å². The Hall–Kier alpha value is -1.55. The van der Waals surface area contributed by atoms with Crippen LogP contribution < -0.4 is 11.3 Å². The Morgan fingerprint density at radius 1 is 1.37 bits per heavy atom. The van der Waals surface area contributed by atoms with Crippen molar-refractivity contribution in [1.29, 1.82) is 0 Å². The molecule has 0 aliphatic heterocycles. The third-order valence-electron chi connectivity index (χ3n) is 2.35. The molecule has 3 N–H and O–H groups in total. The number of halogens is 1. The van der Waals surface area contributed by atoms with Crippen LogP contribution >= 0.6 is 34.8 Å². The van der Waals surface area contributed by atoms with E-state index >= 15 is 0 Å². The van der Waals surface area contributed by atoms with Gasteiger partial charge in [-0.1, -0.05) is 0 Å².